The molecule has 1 spiro atoms. The molecule has 5 nitrogen and oxygen atoms in total. The van der Waals surface area contributed by atoms with Gasteiger partial charge in [-0.15, -0.1) is 0 Å². The average Bonchev–Trinajstić information content (AvgIpc) is 3.72. The van der Waals surface area contributed by atoms with Crippen molar-refractivity contribution in [2.24, 2.45) is 5.92 Å². The van der Waals surface area contributed by atoms with Crippen LogP contribution >= 0.6 is 0 Å². The molecule has 0 bridgehead atoms. The second kappa shape index (κ2) is 9.41. The molecule has 0 aromatic heterocycles. The van der Waals surface area contributed by atoms with Crippen LogP contribution in [0.1, 0.15) is 56.9 Å². The number of urea groups is 1. The minimum Gasteiger partial charge on any atom is -0.371 e. The number of hydrogen-bond donors (Lipinski definition) is 0. The van der Waals surface area contributed by atoms with E-state index < -0.39 is 0 Å². The van der Waals surface area contributed by atoms with Crippen LogP contribution in [0.4, 0.5) is 10.5 Å². The van der Waals surface area contributed by atoms with E-state index in [0.717, 1.165) is 70.6 Å². The zero-order chi connectivity index (χ0) is 24.8. The second-order valence-electron chi connectivity index (χ2n) is 12.0. The molecule has 4 aliphatic rings. The normalized spacial score (nSPS) is 29.5. The fourth-order valence-corrected chi connectivity index (χ4v) is 7.32. The van der Waals surface area contributed by atoms with Gasteiger partial charge in [0.1, 0.15) is 0 Å². The summed E-state index contributed by atoms with van der Waals surface area (Å²) in [4.78, 5) is 23.6. The van der Waals surface area contributed by atoms with Gasteiger partial charge in [-0.3, -0.25) is 4.90 Å². The summed E-state index contributed by atoms with van der Waals surface area (Å²) < 4.78 is 0. The standard InChI is InChI=1S/C31H42N4O/c1-32(2)31(26-9-5-3-6-10-26)19-17-30(18-20-31)24-34(29(36)35(30)23-25-13-14-25)28-15-21-33(22-16-28)27-11-7-4-8-12-27/h3-12,25,28H,13-24H2,1-2H3/t30-,31-. The zero-order valence-corrected chi connectivity index (χ0v) is 22.1. The molecular formula is C31H42N4O. The van der Waals surface area contributed by atoms with E-state index in [1.54, 1.807) is 0 Å². The molecular weight excluding hydrogens is 444 g/mol. The Bertz CT molecular complexity index is 1030. The maximum absolute atomic E-state index is 14.0. The van der Waals surface area contributed by atoms with Crippen LogP contribution in [0.25, 0.3) is 0 Å². The summed E-state index contributed by atoms with van der Waals surface area (Å²) >= 11 is 0. The van der Waals surface area contributed by atoms with Gasteiger partial charge in [0, 0.05) is 43.4 Å². The summed E-state index contributed by atoms with van der Waals surface area (Å²) in [5.74, 6) is 0.723. The van der Waals surface area contributed by atoms with Crippen molar-refractivity contribution in [1.82, 2.24) is 14.7 Å². The number of anilines is 1. The number of rotatable bonds is 6. The minimum atomic E-state index is 0.00449. The topological polar surface area (TPSA) is 30.0 Å². The van der Waals surface area contributed by atoms with Crippen LogP contribution in [0, 0.1) is 5.92 Å². The molecule has 2 aromatic rings. The lowest BCUT2D eigenvalue weighted by atomic mass is 9.68. The molecule has 0 unspecified atom stereocenters. The highest BCUT2D eigenvalue weighted by Gasteiger charge is 2.56. The first kappa shape index (κ1) is 23.8. The SMILES string of the molecule is CN(C)[C@]1(c2ccccc2)CC[C@@]2(CC1)CN(C1CCN(c3ccccc3)CC1)C(=O)N2CC1CC1. The van der Waals surface area contributed by atoms with Gasteiger partial charge in [0.05, 0.1) is 5.54 Å². The van der Waals surface area contributed by atoms with Crippen molar-refractivity contribution in [3.8, 4) is 0 Å². The maximum atomic E-state index is 14.0. The summed E-state index contributed by atoms with van der Waals surface area (Å²) in [5, 5.41) is 0. The quantitative estimate of drug-likeness (QED) is 0.534. The van der Waals surface area contributed by atoms with Gasteiger partial charge in [0.15, 0.2) is 0 Å². The predicted octanol–water partition coefficient (Wildman–Crippen LogP) is 5.57. The van der Waals surface area contributed by atoms with Gasteiger partial charge in [0.2, 0.25) is 0 Å². The number of para-hydroxylation sites is 1. The lowest BCUT2D eigenvalue weighted by Crippen LogP contribution is -2.55. The van der Waals surface area contributed by atoms with Gasteiger partial charge in [0.25, 0.3) is 0 Å². The highest BCUT2D eigenvalue weighted by molar-refractivity contribution is 5.79. The number of amides is 2. The Kier molecular flexibility index (Phi) is 6.23. The van der Waals surface area contributed by atoms with E-state index in [9.17, 15) is 4.79 Å². The fraction of sp³-hybridized carbons (Fsp3) is 0.581. The highest BCUT2D eigenvalue weighted by atomic mass is 16.2. The number of carbonyl (C=O) groups is 1. The molecule has 5 heteroatoms. The Morgan fingerprint density at radius 3 is 2.03 bits per heavy atom. The lowest BCUT2D eigenvalue weighted by molar-refractivity contribution is 0.0226. The van der Waals surface area contributed by atoms with Crippen LogP contribution < -0.4 is 4.90 Å². The van der Waals surface area contributed by atoms with Crippen LogP contribution in [0.5, 0.6) is 0 Å². The summed E-state index contributed by atoms with van der Waals surface area (Å²) in [6.45, 7) is 3.96. The monoisotopic (exact) mass is 486 g/mol. The van der Waals surface area contributed by atoms with E-state index in [0.29, 0.717) is 12.1 Å². The molecule has 2 aliphatic heterocycles. The highest BCUT2D eigenvalue weighted by Crippen LogP contribution is 2.50. The minimum absolute atomic E-state index is 0.00449. The summed E-state index contributed by atoms with van der Waals surface area (Å²) in [6.07, 6.45) is 9.13. The third-order valence-corrected chi connectivity index (χ3v) is 9.85. The Hall–Kier alpha value is -2.53. The van der Waals surface area contributed by atoms with Crippen LogP contribution in [0.15, 0.2) is 60.7 Å². The van der Waals surface area contributed by atoms with Crippen LogP contribution in [0.3, 0.4) is 0 Å². The van der Waals surface area contributed by atoms with Crippen LogP contribution in [-0.2, 0) is 5.54 Å². The number of nitrogens with zero attached hydrogens (tertiary/aromatic N) is 4. The van der Waals surface area contributed by atoms with Crippen molar-refractivity contribution < 1.29 is 4.79 Å². The van der Waals surface area contributed by atoms with Gasteiger partial charge >= 0.3 is 6.03 Å². The van der Waals surface area contributed by atoms with E-state index >= 15 is 0 Å². The van der Waals surface area contributed by atoms with Gasteiger partial charge < -0.3 is 14.7 Å². The zero-order valence-electron chi connectivity index (χ0n) is 22.1. The number of piperidine rings is 1. The summed E-state index contributed by atoms with van der Waals surface area (Å²) in [5.41, 5.74) is 2.80. The molecule has 0 radical (unpaired) electrons. The fourth-order valence-electron chi connectivity index (χ4n) is 7.32. The predicted molar refractivity (Wildman–Crippen MR) is 146 cm³/mol. The molecule has 2 saturated heterocycles. The van der Waals surface area contributed by atoms with E-state index in [-0.39, 0.29) is 11.1 Å². The first-order valence-electron chi connectivity index (χ1n) is 14.1. The van der Waals surface area contributed by atoms with E-state index in [1.807, 2.05) is 0 Å². The second-order valence-corrected chi connectivity index (χ2v) is 12.0. The van der Waals surface area contributed by atoms with Crippen molar-refractivity contribution >= 4 is 11.7 Å². The molecule has 6 rings (SSSR count). The Labute approximate surface area is 217 Å². The Balaban J connectivity index is 1.20. The van der Waals surface area contributed by atoms with Crippen molar-refractivity contribution in [1.29, 1.82) is 0 Å². The molecule has 2 aromatic carbocycles. The maximum Gasteiger partial charge on any atom is 0.320 e. The molecule has 2 saturated carbocycles. The molecule has 192 valence electrons. The van der Waals surface area contributed by atoms with Gasteiger partial charge in [-0.05, 0) is 89.1 Å². The van der Waals surface area contributed by atoms with E-state index in [4.69, 9.17) is 0 Å². The van der Waals surface area contributed by atoms with Crippen LogP contribution in [0.2, 0.25) is 0 Å². The summed E-state index contributed by atoms with van der Waals surface area (Å²) in [7, 11) is 4.47. The van der Waals surface area contributed by atoms with Crippen LogP contribution in [-0.4, -0.2) is 72.6 Å². The molecule has 2 aliphatic carbocycles. The lowest BCUT2D eigenvalue weighted by Gasteiger charge is -2.51. The van der Waals surface area contributed by atoms with Crippen molar-refractivity contribution in [2.45, 2.75) is 68.5 Å². The molecule has 4 fully saturated rings. The molecule has 0 atom stereocenters. The summed E-state index contributed by atoms with van der Waals surface area (Å²) in [6, 6.07) is 22.5. The van der Waals surface area contributed by atoms with E-state index in [1.165, 1.54) is 24.1 Å². The smallest absolute Gasteiger partial charge is 0.320 e. The van der Waals surface area contributed by atoms with Gasteiger partial charge in [-0.25, -0.2) is 4.79 Å². The van der Waals surface area contributed by atoms with E-state index in [2.05, 4.69) is 94.4 Å². The largest absolute Gasteiger partial charge is 0.371 e. The van der Waals surface area contributed by atoms with Crippen molar-refractivity contribution in [3.05, 3.63) is 66.2 Å². The molecule has 0 N–H and O–H groups in total. The molecule has 2 amide bonds. The molecule has 36 heavy (non-hydrogen) atoms. The Morgan fingerprint density at radius 2 is 1.44 bits per heavy atom. The third kappa shape index (κ3) is 4.19. The van der Waals surface area contributed by atoms with Gasteiger partial charge in [-0.2, -0.15) is 0 Å². The number of hydrogen-bond acceptors (Lipinski definition) is 3. The van der Waals surface area contributed by atoms with Gasteiger partial charge in [-0.1, -0.05) is 48.5 Å². The van der Waals surface area contributed by atoms with Crippen molar-refractivity contribution in [2.75, 3.05) is 45.2 Å². The number of carbonyl (C=O) groups excluding carboxylic acids is 1. The Morgan fingerprint density at radius 1 is 0.833 bits per heavy atom. The third-order valence-electron chi connectivity index (χ3n) is 9.85. The average molecular weight is 487 g/mol. The number of benzene rings is 2. The first-order valence-corrected chi connectivity index (χ1v) is 14.1. The first-order chi connectivity index (χ1) is 17.5. The molecule has 2 heterocycles. The van der Waals surface area contributed by atoms with Crippen molar-refractivity contribution in [3.63, 3.8) is 0 Å².